The summed E-state index contributed by atoms with van der Waals surface area (Å²) in [6.45, 7) is 6.23. The van der Waals surface area contributed by atoms with Crippen molar-refractivity contribution in [3.05, 3.63) is 0 Å². The maximum Gasteiger partial charge on any atom is 0.0538 e. The fourth-order valence-electron chi connectivity index (χ4n) is 1.27. The summed E-state index contributed by atoms with van der Waals surface area (Å²) >= 11 is 0. The Kier molecular flexibility index (Phi) is 2.90. The summed E-state index contributed by atoms with van der Waals surface area (Å²) in [7, 11) is 2.01. The predicted octanol–water partition coefficient (Wildman–Crippen LogP) is 1.41. The summed E-state index contributed by atoms with van der Waals surface area (Å²) in [6.07, 6.45) is 3.05. The zero-order valence-electron chi connectivity index (χ0n) is 7.81. The van der Waals surface area contributed by atoms with E-state index in [9.17, 15) is 0 Å². The molecule has 2 nitrogen and oxygen atoms in total. The highest BCUT2D eigenvalue weighted by Crippen LogP contribution is 2.45. The summed E-state index contributed by atoms with van der Waals surface area (Å²) in [5, 5.41) is 3.21. The molecule has 0 saturated heterocycles. The Balaban J connectivity index is 2.14. The van der Waals surface area contributed by atoms with Gasteiger partial charge in [0.15, 0.2) is 0 Å². The van der Waals surface area contributed by atoms with Crippen LogP contribution in [0.4, 0.5) is 0 Å². The lowest BCUT2D eigenvalue weighted by atomic mass is 10.1. The quantitative estimate of drug-likeness (QED) is 0.651. The molecule has 0 bridgehead atoms. The smallest absolute Gasteiger partial charge is 0.0538 e. The van der Waals surface area contributed by atoms with Gasteiger partial charge in [0.05, 0.1) is 12.7 Å². The van der Waals surface area contributed by atoms with Gasteiger partial charge < -0.3 is 10.1 Å². The van der Waals surface area contributed by atoms with Gasteiger partial charge in [-0.3, -0.25) is 0 Å². The van der Waals surface area contributed by atoms with Gasteiger partial charge in [0.1, 0.15) is 0 Å². The molecule has 0 aromatic rings. The van der Waals surface area contributed by atoms with Gasteiger partial charge in [0, 0.05) is 12.0 Å². The summed E-state index contributed by atoms with van der Waals surface area (Å²) < 4.78 is 5.58. The number of nitrogens with one attached hydrogen (secondary N) is 1. The van der Waals surface area contributed by atoms with E-state index in [1.165, 1.54) is 12.8 Å². The van der Waals surface area contributed by atoms with Crippen LogP contribution in [0.15, 0.2) is 0 Å². The standard InChI is InChI=1S/C9H19NO/c1-8(2)11-7-9(4-5-9)6-10-3/h8,10H,4-7H2,1-3H3. The van der Waals surface area contributed by atoms with E-state index >= 15 is 0 Å². The molecule has 66 valence electrons. The molecule has 2 heteroatoms. The van der Waals surface area contributed by atoms with Crippen molar-refractivity contribution in [1.82, 2.24) is 5.32 Å². The van der Waals surface area contributed by atoms with Crippen LogP contribution in [-0.2, 0) is 4.74 Å². The first-order valence-corrected chi connectivity index (χ1v) is 4.45. The summed E-state index contributed by atoms with van der Waals surface area (Å²) in [5.74, 6) is 0. The molecule has 1 N–H and O–H groups in total. The largest absolute Gasteiger partial charge is 0.378 e. The van der Waals surface area contributed by atoms with Gasteiger partial charge in [-0.1, -0.05) is 0 Å². The maximum absolute atomic E-state index is 5.58. The molecule has 1 rings (SSSR count). The Bertz CT molecular complexity index is 119. The molecule has 0 atom stereocenters. The van der Waals surface area contributed by atoms with Gasteiger partial charge in [-0.05, 0) is 33.7 Å². The van der Waals surface area contributed by atoms with Crippen LogP contribution in [-0.4, -0.2) is 26.3 Å². The fraction of sp³-hybridized carbons (Fsp3) is 1.00. The lowest BCUT2D eigenvalue weighted by Gasteiger charge is -2.16. The monoisotopic (exact) mass is 157 g/mol. The van der Waals surface area contributed by atoms with E-state index in [2.05, 4.69) is 19.2 Å². The molecule has 0 aromatic carbocycles. The highest BCUT2D eigenvalue weighted by atomic mass is 16.5. The van der Waals surface area contributed by atoms with Gasteiger partial charge >= 0.3 is 0 Å². The average molecular weight is 157 g/mol. The van der Waals surface area contributed by atoms with Crippen molar-refractivity contribution in [1.29, 1.82) is 0 Å². The molecular formula is C9H19NO. The predicted molar refractivity (Wildman–Crippen MR) is 46.7 cm³/mol. The lowest BCUT2D eigenvalue weighted by molar-refractivity contribution is 0.0440. The zero-order chi connectivity index (χ0) is 8.32. The van der Waals surface area contributed by atoms with E-state index < -0.39 is 0 Å². The van der Waals surface area contributed by atoms with Crippen LogP contribution < -0.4 is 5.32 Å². The number of ether oxygens (including phenoxy) is 1. The average Bonchev–Trinajstić information content (AvgIpc) is 2.67. The molecule has 0 aliphatic heterocycles. The van der Waals surface area contributed by atoms with Gasteiger partial charge in [-0.25, -0.2) is 0 Å². The van der Waals surface area contributed by atoms with Crippen LogP contribution in [0.1, 0.15) is 26.7 Å². The topological polar surface area (TPSA) is 21.3 Å². The van der Waals surface area contributed by atoms with Crippen molar-refractivity contribution >= 4 is 0 Å². The van der Waals surface area contributed by atoms with Crippen molar-refractivity contribution in [2.75, 3.05) is 20.2 Å². The SMILES string of the molecule is CNCC1(COC(C)C)CC1. The Morgan fingerprint density at radius 2 is 2.09 bits per heavy atom. The van der Waals surface area contributed by atoms with Crippen LogP contribution >= 0.6 is 0 Å². The molecule has 0 aromatic heterocycles. The van der Waals surface area contributed by atoms with E-state index in [1.807, 2.05) is 7.05 Å². The second-order valence-electron chi connectivity index (χ2n) is 3.89. The van der Waals surface area contributed by atoms with Crippen molar-refractivity contribution in [3.63, 3.8) is 0 Å². The molecule has 11 heavy (non-hydrogen) atoms. The van der Waals surface area contributed by atoms with E-state index in [1.54, 1.807) is 0 Å². The maximum atomic E-state index is 5.58. The van der Waals surface area contributed by atoms with Gasteiger partial charge in [-0.2, -0.15) is 0 Å². The minimum atomic E-state index is 0.379. The van der Waals surface area contributed by atoms with E-state index in [0.29, 0.717) is 11.5 Å². The molecule has 1 saturated carbocycles. The summed E-state index contributed by atoms with van der Waals surface area (Å²) in [6, 6.07) is 0. The third-order valence-corrected chi connectivity index (χ3v) is 2.23. The molecule has 1 fully saturated rings. The first-order chi connectivity index (χ1) is 5.18. The van der Waals surface area contributed by atoms with Crippen LogP contribution in [0, 0.1) is 5.41 Å². The molecule has 0 spiro atoms. The van der Waals surface area contributed by atoms with Gasteiger partial charge in [-0.15, -0.1) is 0 Å². The van der Waals surface area contributed by atoms with Crippen LogP contribution in [0.5, 0.6) is 0 Å². The Morgan fingerprint density at radius 1 is 1.45 bits per heavy atom. The van der Waals surface area contributed by atoms with Gasteiger partial charge in [0.2, 0.25) is 0 Å². The molecule has 0 heterocycles. The van der Waals surface area contributed by atoms with E-state index in [4.69, 9.17) is 4.74 Å². The first-order valence-electron chi connectivity index (χ1n) is 4.45. The minimum absolute atomic E-state index is 0.379. The zero-order valence-corrected chi connectivity index (χ0v) is 7.81. The highest BCUT2D eigenvalue weighted by Gasteiger charge is 2.42. The molecule has 0 amide bonds. The van der Waals surface area contributed by atoms with Crippen molar-refractivity contribution < 1.29 is 4.74 Å². The number of hydrogen-bond acceptors (Lipinski definition) is 2. The van der Waals surface area contributed by atoms with Crippen molar-refractivity contribution in [2.24, 2.45) is 5.41 Å². The second kappa shape index (κ2) is 3.55. The van der Waals surface area contributed by atoms with Gasteiger partial charge in [0.25, 0.3) is 0 Å². The minimum Gasteiger partial charge on any atom is -0.378 e. The summed E-state index contributed by atoms with van der Waals surface area (Å²) in [5.41, 5.74) is 0.499. The third kappa shape index (κ3) is 2.80. The number of hydrogen-bond donors (Lipinski definition) is 1. The molecule has 0 radical (unpaired) electrons. The van der Waals surface area contributed by atoms with Crippen LogP contribution in [0.2, 0.25) is 0 Å². The van der Waals surface area contributed by atoms with Crippen molar-refractivity contribution in [3.8, 4) is 0 Å². The Hall–Kier alpha value is -0.0800. The van der Waals surface area contributed by atoms with E-state index in [-0.39, 0.29) is 0 Å². The van der Waals surface area contributed by atoms with Crippen molar-refractivity contribution in [2.45, 2.75) is 32.8 Å². The third-order valence-electron chi connectivity index (χ3n) is 2.23. The normalized spacial score (nSPS) is 20.7. The second-order valence-corrected chi connectivity index (χ2v) is 3.89. The number of rotatable bonds is 5. The lowest BCUT2D eigenvalue weighted by Crippen LogP contribution is -2.25. The molecule has 0 unspecified atom stereocenters. The van der Waals surface area contributed by atoms with Crippen LogP contribution in [0.3, 0.4) is 0 Å². The Morgan fingerprint density at radius 3 is 2.45 bits per heavy atom. The van der Waals surface area contributed by atoms with E-state index in [0.717, 1.165) is 13.2 Å². The fourth-order valence-corrected chi connectivity index (χ4v) is 1.27. The first kappa shape index (κ1) is 9.01. The molecular weight excluding hydrogens is 138 g/mol. The highest BCUT2D eigenvalue weighted by molar-refractivity contribution is 4.94. The summed E-state index contributed by atoms with van der Waals surface area (Å²) in [4.78, 5) is 0. The Labute approximate surface area is 69.3 Å². The molecule has 1 aliphatic carbocycles. The molecule has 1 aliphatic rings. The van der Waals surface area contributed by atoms with Crippen LogP contribution in [0.25, 0.3) is 0 Å².